The number of alkyl halides is 3. The summed E-state index contributed by atoms with van der Waals surface area (Å²) in [6.45, 7) is 2.10. The number of fused-ring (bicyclic) bond motifs is 1. The lowest BCUT2D eigenvalue weighted by molar-refractivity contribution is -0.142. The second-order valence-corrected chi connectivity index (χ2v) is 10.8. The molecule has 0 saturated carbocycles. The number of para-hydroxylation sites is 1. The zero-order valence-corrected chi connectivity index (χ0v) is 23.6. The summed E-state index contributed by atoms with van der Waals surface area (Å²) in [6, 6.07) is 14.2. The molecule has 0 radical (unpaired) electrons. The molecule has 1 saturated heterocycles. The number of carboxylic acids is 1. The second kappa shape index (κ2) is 12.3. The molecule has 0 spiro atoms. The van der Waals surface area contributed by atoms with E-state index in [1.165, 1.54) is 24.3 Å². The molecule has 1 fully saturated rings. The molecule has 1 atom stereocenters. The average molecular weight is 612 g/mol. The summed E-state index contributed by atoms with van der Waals surface area (Å²) >= 11 is 0. The van der Waals surface area contributed by atoms with Gasteiger partial charge in [-0.3, -0.25) is 19.1 Å². The van der Waals surface area contributed by atoms with Crippen LogP contribution < -0.4 is 15.5 Å². The van der Waals surface area contributed by atoms with Crippen LogP contribution in [-0.2, 0) is 17.8 Å². The summed E-state index contributed by atoms with van der Waals surface area (Å²) in [4.78, 5) is 40.2. The Kier molecular flexibility index (Phi) is 8.56. The third-order valence-electron chi connectivity index (χ3n) is 7.36. The molecule has 2 amide bonds. The van der Waals surface area contributed by atoms with Crippen molar-refractivity contribution in [1.82, 2.24) is 9.78 Å². The molecule has 44 heavy (non-hydrogen) atoms. The Hall–Kier alpha value is -4.94. The lowest BCUT2D eigenvalue weighted by atomic mass is 9.99. The smallest absolute Gasteiger partial charge is 0.408 e. The van der Waals surface area contributed by atoms with Crippen LogP contribution in [0.2, 0.25) is 0 Å². The summed E-state index contributed by atoms with van der Waals surface area (Å²) < 4.78 is 54.3. The van der Waals surface area contributed by atoms with Gasteiger partial charge in [0, 0.05) is 29.7 Å². The number of carbonyl (C=O) groups is 3. The Morgan fingerprint density at radius 2 is 1.75 bits per heavy atom. The van der Waals surface area contributed by atoms with E-state index in [0.717, 1.165) is 29.7 Å². The number of piperidine rings is 1. The van der Waals surface area contributed by atoms with Gasteiger partial charge in [0.2, 0.25) is 0 Å². The van der Waals surface area contributed by atoms with E-state index >= 15 is 0 Å². The molecule has 0 bridgehead atoms. The van der Waals surface area contributed by atoms with Gasteiger partial charge < -0.3 is 20.6 Å². The molecule has 9 nitrogen and oxygen atoms in total. The summed E-state index contributed by atoms with van der Waals surface area (Å²) in [5.74, 6) is -2.90. The number of carbonyl (C=O) groups excluding carboxylic acids is 2. The fourth-order valence-corrected chi connectivity index (χ4v) is 5.42. The highest BCUT2D eigenvalue weighted by Gasteiger charge is 2.31. The van der Waals surface area contributed by atoms with Gasteiger partial charge in [-0.2, -0.15) is 18.3 Å². The van der Waals surface area contributed by atoms with Gasteiger partial charge in [0.05, 0.1) is 23.3 Å². The van der Waals surface area contributed by atoms with E-state index in [2.05, 4.69) is 27.6 Å². The van der Waals surface area contributed by atoms with Crippen molar-refractivity contribution in [2.24, 2.45) is 5.92 Å². The predicted octanol–water partition coefficient (Wildman–Crippen LogP) is 6.11. The van der Waals surface area contributed by atoms with E-state index in [4.69, 9.17) is 0 Å². The molecule has 4 aromatic rings. The number of nitrogens with one attached hydrogen (secondary N) is 2. The largest absolute Gasteiger partial charge is 0.481 e. The summed E-state index contributed by atoms with van der Waals surface area (Å²) in [6.07, 6.45) is -3.15. The highest BCUT2D eigenvalue weighted by molar-refractivity contribution is 6.13. The minimum Gasteiger partial charge on any atom is -0.481 e. The van der Waals surface area contributed by atoms with Crippen LogP contribution in [0.5, 0.6) is 0 Å². The minimum absolute atomic E-state index is 0.0691. The number of aliphatic carboxylic acids is 1. The number of benzene rings is 3. The monoisotopic (exact) mass is 611 g/mol. The molecule has 230 valence electrons. The van der Waals surface area contributed by atoms with Crippen LogP contribution >= 0.6 is 0 Å². The van der Waals surface area contributed by atoms with Gasteiger partial charge in [0.15, 0.2) is 5.69 Å². The first kappa shape index (κ1) is 30.5. The molecule has 1 aliphatic rings. The van der Waals surface area contributed by atoms with Gasteiger partial charge in [-0.15, -0.1) is 0 Å². The van der Waals surface area contributed by atoms with Crippen molar-refractivity contribution < 1.29 is 37.1 Å². The maximum absolute atomic E-state index is 13.8. The standard InChI is InChI=1S/C31H29F4N5O4/c1-18-5-4-12-39(16-18)26-11-8-19(29(43)36-23-10-9-21(32)13-20(23)15-27(41)42)14-24(26)37-30(44)28-22-6-2-3-7-25(22)40(38-28)17-31(33,34)35/h2-3,6-11,13-14,18H,4-5,12,15-17H2,1H3,(H,36,43)(H,37,44)(H,41,42)/t18-/m1/s1. The van der Waals surface area contributed by atoms with Gasteiger partial charge in [-0.25, -0.2) is 4.39 Å². The Morgan fingerprint density at radius 1 is 1.00 bits per heavy atom. The molecule has 0 unspecified atom stereocenters. The number of amides is 2. The quantitative estimate of drug-likeness (QED) is 0.207. The SMILES string of the molecule is C[C@@H]1CCCN(c2ccc(C(=O)Nc3ccc(F)cc3CC(=O)O)cc2NC(=O)c2nn(CC(F)(F)F)c3ccccc23)C1. The fraction of sp³-hybridized carbons (Fsp3) is 0.290. The summed E-state index contributed by atoms with van der Waals surface area (Å²) in [7, 11) is 0. The topological polar surface area (TPSA) is 117 Å². The van der Waals surface area contributed by atoms with Crippen LogP contribution in [0, 0.1) is 11.7 Å². The lowest BCUT2D eigenvalue weighted by Crippen LogP contribution is -2.35. The van der Waals surface area contributed by atoms with Gasteiger partial charge >= 0.3 is 12.1 Å². The molecular formula is C31H29F4N5O4. The number of halogens is 4. The average Bonchev–Trinajstić information content (AvgIpc) is 3.31. The highest BCUT2D eigenvalue weighted by atomic mass is 19.4. The number of hydrogen-bond acceptors (Lipinski definition) is 5. The van der Waals surface area contributed by atoms with Crippen LogP contribution in [0.4, 0.5) is 34.6 Å². The van der Waals surface area contributed by atoms with Crippen molar-refractivity contribution in [2.75, 3.05) is 28.6 Å². The molecule has 2 heterocycles. The van der Waals surface area contributed by atoms with Gasteiger partial charge in [-0.1, -0.05) is 25.1 Å². The summed E-state index contributed by atoms with van der Waals surface area (Å²) in [5.41, 5.74) is 1.09. The Labute approximate surface area is 249 Å². The molecule has 5 rings (SSSR count). The Balaban J connectivity index is 1.50. The molecule has 3 aromatic carbocycles. The first-order valence-corrected chi connectivity index (χ1v) is 13.9. The Bertz CT molecular complexity index is 1740. The van der Waals surface area contributed by atoms with Gasteiger partial charge in [0.1, 0.15) is 12.4 Å². The van der Waals surface area contributed by atoms with Crippen molar-refractivity contribution in [2.45, 2.75) is 38.9 Å². The first-order chi connectivity index (χ1) is 20.9. The second-order valence-electron chi connectivity index (χ2n) is 10.8. The van der Waals surface area contributed by atoms with E-state index in [1.54, 1.807) is 24.3 Å². The number of anilines is 3. The number of nitrogens with zero attached hydrogens (tertiary/aromatic N) is 3. The van der Waals surface area contributed by atoms with Gasteiger partial charge in [-0.05, 0) is 66.8 Å². The predicted molar refractivity (Wildman–Crippen MR) is 156 cm³/mol. The van der Waals surface area contributed by atoms with E-state index in [1.807, 2.05) is 0 Å². The van der Waals surface area contributed by atoms with E-state index < -0.39 is 42.7 Å². The Morgan fingerprint density at radius 3 is 2.48 bits per heavy atom. The van der Waals surface area contributed by atoms with Crippen molar-refractivity contribution in [3.8, 4) is 0 Å². The van der Waals surface area contributed by atoms with Crippen molar-refractivity contribution in [3.05, 3.63) is 83.3 Å². The van der Waals surface area contributed by atoms with Crippen LogP contribution in [0.1, 0.15) is 46.2 Å². The zero-order valence-electron chi connectivity index (χ0n) is 23.6. The first-order valence-electron chi connectivity index (χ1n) is 13.9. The van der Waals surface area contributed by atoms with Crippen LogP contribution in [0.15, 0.2) is 60.7 Å². The normalized spacial score (nSPS) is 15.3. The molecule has 1 aliphatic heterocycles. The number of carboxylic acid groups (broad SMARTS) is 1. The molecule has 13 heteroatoms. The molecule has 1 aromatic heterocycles. The van der Waals surface area contributed by atoms with E-state index in [9.17, 15) is 37.1 Å². The van der Waals surface area contributed by atoms with Crippen molar-refractivity contribution >= 4 is 45.7 Å². The highest BCUT2D eigenvalue weighted by Crippen LogP contribution is 2.33. The molecule has 3 N–H and O–H groups in total. The fourth-order valence-electron chi connectivity index (χ4n) is 5.42. The third kappa shape index (κ3) is 6.99. The number of hydrogen-bond donors (Lipinski definition) is 3. The lowest BCUT2D eigenvalue weighted by Gasteiger charge is -2.34. The molecule has 0 aliphatic carbocycles. The zero-order chi connectivity index (χ0) is 31.6. The number of aromatic nitrogens is 2. The third-order valence-corrected chi connectivity index (χ3v) is 7.36. The van der Waals surface area contributed by atoms with E-state index in [-0.39, 0.29) is 39.1 Å². The molecular weight excluding hydrogens is 582 g/mol. The maximum Gasteiger partial charge on any atom is 0.408 e. The maximum atomic E-state index is 13.8. The number of rotatable bonds is 8. The minimum atomic E-state index is -4.56. The van der Waals surface area contributed by atoms with Crippen LogP contribution in [0.25, 0.3) is 10.9 Å². The van der Waals surface area contributed by atoms with Crippen molar-refractivity contribution in [1.29, 1.82) is 0 Å². The van der Waals surface area contributed by atoms with E-state index in [0.29, 0.717) is 24.7 Å². The van der Waals surface area contributed by atoms with Crippen LogP contribution in [-0.4, -0.2) is 51.9 Å². The van der Waals surface area contributed by atoms with Crippen LogP contribution in [0.3, 0.4) is 0 Å². The van der Waals surface area contributed by atoms with Gasteiger partial charge in [0.25, 0.3) is 11.8 Å². The van der Waals surface area contributed by atoms with Crippen molar-refractivity contribution in [3.63, 3.8) is 0 Å². The summed E-state index contributed by atoms with van der Waals surface area (Å²) in [5, 5.41) is 18.8.